The fourth-order valence-electron chi connectivity index (χ4n) is 11.2. The molecule has 4 N–H and O–H groups in total. The van der Waals surface area contributed by atoms with Gasteiger partial charge in [0, 0.05) is 71.0 Å². The minimum atomic E-state index is -1.72. The summed E-state index contributed by atoms with van der Waals surface area (Å²) in [7, 11) is 0. The van der Waals surface area contributed by atoms with Crippen LogP contribution in [0.25, 0.3) is 75.9 Å². The molecule has 0 aliphatic rings. The van der Waals surface area contributed by atoms with E-state index in [-0.39, 0.29) is 106 Å². The van der Waals surface area contributed by atoms with Crippen LogP contribution < -0.4 is 0 Å². The fourth-order valence-corrected chi connectivity index (χ4v) is 13.1. The van der Waals surface area contributed by atoms with Crippen LogP contribution in [0.15, 0.2) is 156 Å². The molecule has 0 atom stereocenters. The Bertz CT molecular complexity index is 4260. The van der Waals surface area contributed by atoms with E-state index in [0.29, 0.717) is 11.4 Å². The molecule has 12 aromatic rings. The molecule has 0 spiro atoms. The molecule has 0 bridgehead atoms. The number of aromatic nitrogens is 2. The monoisotopic (exact) mass is 1460 g/mol. The minimum absolute atomic E-state index is 0. The topological polar surface area (TPSA) is 75.9 Å². The molecular weight excluding hydrogens is 1390 g/mol. The number of aliphatic hydroxyl groups is 2. The first-order valence-electron chi connectivity index (χ1n) is 30.6. The number of hydrogen-bond acceptors (Lipinski definition) is 4. The van der Waals surface area contributed by atoms with Crippen molar-refractivity contribution in [3.63, 3.8) is 0 Å². The van der Waals surface area contributed by atoms with Crippen molar-refractivity contribution in [3.8, 4) is 55.3 Å². The van der Waals surface area contributed by atoms with E-state index in [2.05, 4.69) is 155 Å². The van der Waals surface area contributed by atoms with Gasteiger partial charge in [0.1, 0.15) is 0 Å². The number of halogens is 6. The average molecular weight is 1460 g/mol. The molecule has 0 fully saturated rings. The summed E-state index contributed by atoms with van der Waals surface area (Å²) in [4.78, 5) is 0.154. The van der Waals surface area contributed by atoms with Crippen molar-refractivity contribution in [2.45, 2.75) is 118 Å². The third kappa shape index (κ3) is 14.3. The van der Waals surface area contributed by atoms with Gasteiger partial charge in [0.2, 0.25) is 11.6 Å². The molecule has 8 aromatic carbocycles. The van der Waals surface area contributed by atoms with E-state index in [0.717, 1.165) is 112 Å². The van der Waals surface area contributed by atoms with Gasteiger partial charge < -0.3 is 28.8 Å². The number of aromatic hydroxyl groups is 4. The molecule has 93 heavy (non-hydrogen) atoms. The molecule has 0 aliphatic heterocycles. The Morgan fingerprint density at radius 1 is 0.398 bits per heavy atom. The molecular formula is C78H78F6HfN2O4S2. The predicted octanol–water partition coefficient (Wildman–Crippen LogP) is 22.5. The minimum Gasteiger partial charge on any atom is -0.580 e. The zero-order chi connectivity index (χ0) is 66.5. The summed E-state index contributed by atoms with van der Waals surface area (Å²) in [6, 6.07) is 46.3. The van der Waals surface area contributed by atoms with Crippen molar-refractivity contribution in [1.29, 1.82) is 0 Å². The number of rotatable bonds is 11. The summed E-state index contributed by atoms with van der Waals surface area (Å²) in [6.07, 6.45) is 0.350. The molecule has 6 nitrogen and oxygen atoms in total. The second kappa shape index (κ2) is 27.2. The predicted molar refractivity (Wildman–Crippen MR) is 370 cm³/mol. The van der Waals surface area contributed by atoms with Gasteiger partial charge in [-0.25, -0.2) is 17.6 Å². The Balaban J connectivity index is 0.000000602. The smallest absolute Gasteiger partial charge is 0.303 e. The summed E-state index contributed by atoms with van der Waals surface area (Å²) in [5.74, 6) is -10.9. The summed E-state index contributed by atoms with van der Waals surface area (Å²) < 4.78 is 105. The quantitative estimate of drug-likeness (QED) is 0.0338. The maximum Gasteiger partial charge on any atom is 0.303 e. The van der Waals surface area contributed by atoms with Crippen LogP contribution in [-0.2, 0) is 47.5 Å². The Kier molecular flexibility index (Phi) is 20.4. The van der Waals surface area contributed by atoms with Gasteiger partial charge in [0.15, 0.2) is 36.3 Å². The van der Waals surface area contributed by atoms with Gasteiger partial charge in [-0.05, 0) is 105 Å². The van der Waals surface area contributed by atoms with Crippen LogP contribution in [0.3, 0.4) is 0 Å². The average Bonchev–Trinajstić information content (AvgIpc) is 1.59. The molecule has 0 amide bonds. The zero-order valence-corrected chi connectivity index (χ0v) is 59.7. The summed E-state index contributed by atoms with van der Waals surface area (Å²) >= 11 is 2.07. The molecule has 0 saturated heterocycles. The van der Waals surface area contributed by atoms with Gasteiger partial charge in [-0.3, -0.25) is 0 Å². The van der Waals surface area contributed by atoms with Crippen molar-refractivity contribution in [1.82, 2.24) is 9.13 Å². The van der Waals surface area contributed by atoms with Crippen LogP contribution in [0.5, 0.6) is 23.0 Å². The van der Waals surface area contributed by atoms with Crippen molar-refractivity contribution in [2.75, 3.05) is 13.2 Å². The number of unbranched alkanes of at least 4 members (excludes halogenated alkanes) is 1. The van der Waals surface area contributed by atoms with Crippen molar-refractivity contribution < 1.29 is 71.9 Å². The van der Waals surface area contributed by atoms with Crippen molar-refractivity contribution in [2.24, 2.45) is 0 Å². The number of thiophene rings is 2. The molecule has 15 heteroatoms. The van der Waals surface area contributed by atoms with Crippen LogP contribution >= 0.6 is 22.7 Å². The van der Waals surface area contributed by atoms with E-state index in [1.54, 1.807) is 10.8 Å². The molecule has 0 unspecified atom stereocenters. The Morgan fingerprint density at radius 3 is 0.925 bits per heavy atom. The maximum atomic E-state index is 15.9. The zero-order valence-electron chi connectivity index (χ0n) is 54.5. The third-order valence-electron chi connectivity index (χ3n) is 16.5. The molecule has 4 heterocycles. The van der Waals surface area contributed by atoms with E-state index in [1.165, 1.54) is 0 Å². The Labute approximate surface area is 567 Å². The van der Waals surface area contributed by atoms with E-state index in [4.69, 9.17) is 0 Å². The number of benzene rings is 8. The molecule has 482 valence electrons. The van der Waals surface area contributed by atoms with Crippen LogP contribution in [0.1, 0.15) is 129 Å². The number of fused-ring (bicyclic) bond motifs is 6. The summed E-state index contributed by atoms with van der Waals surface area (Å²) in [6.45, 7) is 32.9. The third-order valence-corrected chi connectivity index (χ3v) is 18.5. The second-order valence-electron chi connectivity index (χ2n) is 27.4. The van der Waals surface area contributed by atoms with Gasteiger partial charge in [-0.1, -0.05) is 119 Å². The van der Waals surface area contributed by atoms with Crippen molar-refractivity contribution in [3.05, 3.63) is 238 Å². The molecule has 0 saturated carbocycles. The molecule has 12 rings (SSSR count). The van der Waals surface area contributed by atoms with E-state index in [9.17, 15) is 10.2 Å². The molecule has 0 aliphatic carbocycles. The van der Waals surface area contributed by atoms with Crippen LogP contribution in [0, 0.1) is 48.8 Å². The largest absolute Gasteiger partial charge is 0.580 e. The molecule has 4 aromatic heterocycles. The van der Waals surface area contributed by atoms with Gasteiger partial charge >= 0.3 is 11.5 Å². The van der Waals surface area contributed by atoms with Crippen LogP contribution in [0.4, 0.5) is 26.3 Å². The Morgan fingerprint density at radius 2 is 0.677 bits per heavy atom. The van der Waals surface area contributed by atoms with Gasteiger partial charge in [-0.15, -0.1) is 46.9 Å². The fraction of sp³-hybridized carbons (Fsp3) is 0.256. The van der Waals surface area contributed by atoms with Gasteiger partial charge in [-0.2, -0.15) is 58.0 Å². The first-order valence-corrected chi connectivity index (χ1v) is 32.4. The first kappa shape index (κ1) is 69.5. The standard InChI is InChI=1S/C64H62F6N2O4S2.2C7H7.Hf/c1-61(2,3)33-15-19-45-37(25-33)38-26-34(62(4,5)6)16-20-46(38)71(45)49-31-77-59(55(49)73)41-29-43(65)51(67)53(69)57(41)75-23-13-14-24-76-58-42(30-44(66)52(68)54(58)70)60-56(74)50(32-78-60)72-47-21-17-35(63(7,8)9)27-39(47)40-28-36(64(10,11)12)18-22-48(40)72;2*1-7-5-3-2-4-6-7;/h15-22,25-32,73-74H,13-14,23-24H2,1-12H3;2*2-6H,1H2;/q;2*-1;/p+2. The van der Waals surface area contributed by atoms with E-state index >= 15 is 26.3 Å². The second-order valence-corrected chi connectivity index (χ2v) is 29.2. The van der Waals surface area contributed by atoms with E-state index < -0.39 is 46.4 Å². The maximum absolute atomic E-state index is 15.9. The number of hydrogen-bond donors (Lipinski definition) is 2. The number of nitrogens with zero attached hydrogens (tertiary/aromatic N) is 2. The molecule has 0 radical (unpaired) electrons. The van der Waals surface area contributed by atoms with Crippen LogP contribution in [-0.4, -0.2) is 42.0 Å². The van der Waals surface area contributed by atoms with Gasteiger partial charge in [0.25, 0.3) is 11.6 Å². The Hall–Kier alpha value is -7.85. The van der Waals surface area contributed by atoms with Gasteiger partial charge in [0.05, 0.1) is 54.3 Å². The van der Waals surface area contributed by atoms with E-state index in [1.807, 2.05) is 94.1 Å². The number of ether oxygens (including phenoxy) is 2. The van der Waals surface area contributed by atoms with Crippen molar-refractivity contribution >= 4 is 66.3 Å². The first-order chi connectivity index (χ1) is 43.3. The summed E-state index contributed by atoms with van der Waals surface area (Å²) in [5.41, 5.74) is 9.72. The summed E-state index contributed by atoms with van der Waals surface area (Å²) in [5, 5.41) is 31.4. The SMILES string of the molecule is CC(C)(C)c1ccc2c(c1)c1cc(C(C)(C)C)ccc1n2-c1csc(-c2cc(F)c(F)c(F)c2[OH+]CCCC[OH+]c2c(-c3scc(-n4c5ccc(C(C)(C)C)cc5c5cc(C(C)(C)C)ccc54)c3O)cc(F)c(F)c2F)c1O.[CH2-]c1ccccc1.[CH2-]c1ccccc1.[Hf]. The normalized spacial score (nSPS) is 12.0. The van der Waals surface area contributed by atoms with Crippen LogP contribution in [0.2, 0.25) is 0 Å².